The maximum atomic E-state index is 14.6. The molecule has 0 radical (unpaired) electrons. The van der Waals surface area contributed by atoms with Gasteiger partial charge in [0.25, 0.3) is 5.91 Å². The number of amides is 5. The number of urea groups is 1. The molecule has 5 amide bonds. The van der Waals surface area contributed by atoms with Crippen LogP contribution < -0.4 is 21.7 Å². The van der Waals surface area contributed by atoms with Crippen LogP contribution in [0.5, 0.6) is 0 Å². The van der Waals surface area contributed by atoms with Gasteiger partial charge in [-0.1, -0.05) is 68.7 Å². The molecule has 4 aliphatic rings. The van der Waals surface area contributed by atoms with Crippen molar-refractivity contribution in [2.75, 3.05) is 13.1 Å². The maximum absolute atomic E-state index is 14.6. The van der Waals surface area contributed by atoms with E-state index in [4.69, 9.17) is 5.73 Å². The molecule has 3 heterocycles. The summed E-state index contributed by atoms with van der Waals surface area (Å²) in [6.45, 7) is 11.2. The van der Waals surface area contributed by atoms with Gasteiger partial charge >= 0.3 is 6.03 Å². The molecule has 5 rings (SSSR count). The quantitative estimate of drug-likeness (QED) is 0.104. The molecular formula is C36H55N6O6S2+. The van der Waals surface area contributed by atoms with E-state index in [0.717, 1.165) is 60.3 Å². The van der Waals surface area contributed by atoms with Crippen molar-refractivity contribution >= 4 is 51.9 Å². The van der Waals surface area contributed by atoms with Crippen molar-refractivity contribution in [3.05, 3.63) is 28.0 Å². The first-order valence-electron chi connectivity index (χ1n) is 18.1. The van der Waals surface area contributed by atoms with E-state index in [2.05, 4.69) is 16.0 Å². The van der Waals surface area contributed by atoms with Crippen molar-refractivity contribution in [3.63, 3.8) is 0 Å². The minimum absolute atomic E-state index is 0.107. The van der Waals surface area contributed by atoms with E-state index in [1.54, 1.807) is 16.2 Å². The number of hydrogen-bond donors (Lipinski definition) is 4. The number of carbonyl (C=O) groups excluding carboxylic acids is 5. The van der Waals surface area contributed by atoms with Gasteiger partial charge in [0.1, 0.15) is 12.1 Å². The number of nitrogens with two attached hydrogens (primary N) is 1. The van der Waals surface area contributed by atoms with Gasteiger partial charge in [0, 0.05) is 18.5 Å². The highest BCUT2D eigenvalue weighted by Gasteiger charge is 2.46. The van der Waals surface area contributed by atoms with Gasteiger partial charge in [-0.15, -0.1) is 15.6 Å². The lowest BCUT2D eigenvalue weighted by atomic mass is 9.83. The molecular weight excluding hydrogens is 677 g/mol. The Balaban J connectivity index is 1.35. The third-order valence-corrected chi connectivity index (χ3v) is 13.3. The normalized spacial score (nSPS) is 24.5. The van der Waals surface area contributed by atoms with Crippen molar-refractivity contribution in [1.29, 1.82) is 0 Å². The summed E-state index contributed by atoms with van der Waals surface area (Å²) in [5.41, 5.74) is 5.97. The summed E-state index contributed by atoms with van der Waals surface area (Å²) in [5, 5.41) is 10.9. The van der Waals surface area contributed by atoms with Crippen LogP contribution in [0.3, 0.4) is 0 Å². The second-order valence-electron chi connectivity index (χ2n) is 15.9. The molecule has 1 saturated heterocycles. The Bertz CT molecular complexity index is 1510. The molecule has 2 aliphatic carbocycles. The number of ketones is 1. The first-order valence-corrected chi connectivity index (χ1v) is 20.2. The van der Waals surface area contributed by atoms with E-state index < -0.39 is 52.7 Å². The summed E-state index contributed by atoms with van der Waals surface area (Å²) >= 11 is 1.59. The van der Waals surface area contributed by atoms with Gasteiger partial charge in [-0.05, 0) is 62.2 Å². The van der Waals surface area contributed by atoms with E-state index in [9.17, 15) is 28.2 Å². The Labute approximate surface area is 302 Å². The third kappa shape index (κ3) is 9.22. The Morgan fingerprint density at radius 3 is 2.32 bits per heavy atom. The van der Waals surface area contributed by atoms with Crippen molar-refractivity contribution < 1.29 is 28.2 Å². The van der Waals surface area contributed by atoms with Gasteiger partial charge in [-0.3, -0.25) is 19.2 Å². The standard InChI is InChI=1S/C36H54N6O6S2/c1-21(2)17-24-13-15-42(30(24)33(45)38-25(18-22-11-12-22)31(43)32(37)44)34(46)29(23-9-7-6-8-10-23)40-35(47)39-28(36(3,4)5)20-41-19-26-27(50(41)48)14-16-49-26/h14,16-17,22-25,28-30H,6-13,15,18-20H2,1-5H3,(H2,37,44)(H,38,45)(H2,39,40,47)/p+1/t24?,25?,28-,29+,30+,50?/m1/s1. The Morgan fingerprint density at radius 1 is 1.02 bits per heavy atom. The highest BCUT2D eigenvalue weighted by molar-refractivity contribution is 7.83. The van der Waals surface area contributed by atoms with Gasteiger partial charge in [-0.25, -0.2) is 4.79 Å². The number of allylic oxidation sites excluding steroid dienone is 1. The highest BCUT2D eigenvalue weighted by Crippen LogP contribution is 2.36. The van der Waals surface area contributed by atoms with Gasteiger partial charge in [0.05, 0.1) is 30.1 Å². The highest BCUT2D eigenvalue weighted by atomic mass is 32.2. The minimum Gasteiger partial charge on any atom is -0.363 e. The van der Waals surface area contributed by atoms with Crippen molar-refractivity contribution in [2.24, 2.45) is 28.9 Å². The summed E-state index contributed by atoms with van der Waals surface area (Å²) in [6, 6.07) is -1.75. The topological polar surface area (TPSA) is 171 Å². The molecule has 3 fully saturated rings. The molecule has 1 aromatic rings. The van der Waals surface area contributed by atoms with Crippen LogP contribution in [-0.2, 0) is 40.9 Å². The molecule has 0 aromatic carbocycles. The van der Waals surface area contributed by atoms with Crippen molar-refractivity contribution in [3.8, 4) is 0 Å². The van der Waals surface area contributed by atoms with E-state index >= 15 is 0 Å². The number of hydrogen-bond acceptors (Lipinski definition) is 7. The van der Waals surface area contributed by atoms with Crippen molar-refractivity contribution in [1.82, 2.24) is 25.2 Å². The van der Waals surface area contributed by atoms with Crippen molar-refractivity contribution in [2.45, 2.75) is 128 Å². The maximum Gasteiger partial charge on any atom is 0.315 e. The number of nitrogens with one attached hydrogen (secondary N) is 3. The van der Waals surface area contributed by atoms with Crippen LogP contribution in [0.25, 0.3) is 0 Å². The molecule has 12 nitrogen and oxygen atoms in total. The van der Waals surface area contributed by atoms with Crippen LogP contribution in [0.15, 0.2) is 28.0 Å². The Morgan fingerprint density at radius 2 is 1.72 bits per heavy atom. The predicted molar refractivity (Wildman–Crippen MR) is 194 cm³/mol. The average Bonchev–Trinajstić information content (AvgIpc) is 3.45. The zero-order valence-electron chi connectivity index (χ0n) is 30.0. The summed E-state index contributed by atoms with van der Waals surface area (Å²) < 4.78 is 15.1. The lowest BCUT2D eigenvalue weighted by molar-refractivity contribution is -0.143. The SMILES string of the molecule is CC(C)=CC1CCN(C(=O)[C@@H](NC(=O)N[C@H](CN2Cc3sccc3[SH+]2=O)C(C)(C)C)C2CCCCC2)[C@@H]1C(=O)NC(CC1CC1)C(=O)C(N)=O. The fourth-order valence-electron chi connectivity index (χ4n) is 7.61. The van der Waals surface area contributed by atoms with E-state index in [1.165, 1.54) is 0 Å². The first-order chi connectivity index (χ1) is 23.6. The second-order valence-corrected chi connectivity index (χ2v) is 18.5. The molecule has 2 aliphatic heterocycles. The summed E-state index contributed by atoms with van der Waals surface area (Å²) in [6.07, 6.45) is 9.19. The average molecular weight is 732 g/mol. The molecule has 50 heavy (non-hydrogen) atoms. The van der Waals surface area contributed by atoms with Crippen LogP contribution in [-0.4, -0.2) is 76.0 Å². The molecule has 1 aromatic heterocycles. The third-order valence-electron chi connectivity index (χ3n) is 10.6. The fourth-order valence-corrected chi connectivity index (χ4v) is 10.4. The number of thiophene rings is 1. The zero-order valence-corrected chi connectivity index (χ0v) is 31.7. The monoisotopic (exact) mass is 731 g/mol. The number of Topliss-reactive ketones (excluding diaryl/α,β-unsaturated/α-hetero) is 1. The summed E-state index contributed by atoms with van der Waals surface area (Å²) in [7, 11) is -1.72. The molecule has 14 heteroatoms. The minimum atomic E-state index is -1.72. The van der Waals surface area contributed by atoms with Crippen LogP contribution in [0.1, 0.15) is 97.3 Å². The molecule has 0 bridgehead atoms. The summed E-state index contributed by atoms with van der Waals surface area (Å²) in [4.78, 5) is 70.7. The fraction of sp³-hybridized carbons (Fsp3) is 0.694. The lowest BCUT2D eigenvalue weighted by Crippen LogP contribution is -2.61. The van der Waals surface area contributed by atoms with Gasteiger partial charge < -0.3 is 26.6 Å². The number of fused-ring (bicyclic) bond motifs is 1. The second kappa shape index (κ2) is 16.1. The van der Waals surface area contributed by atoms with Crippen LogP contribution in [0.4, 0.5) is 4.79 Å². The zero-order chi connectivity index (χ0) is 36.3. The number of rotatable bonds is 13. The molecule has 2 saturated carbocycles. The first kappa shape index (κ1) is 38.1. The Kier molecular flexibility index (Phi) is 12.3. The molecule has 3 unspecified atom stereocenters. The largest absolute Gasteiger partial charge is 0.363 e. The van der Waals surface area contributed by atoms with Crippen LogP contribution in [0.2, 0.25) is 0 Å². The molecule has 0 spiro atoms. The number of carbonyl (C=O) groups is 5. The Hall–Kier alpha value is -3.10. The van der Waals surface area contributed by atoms with E-state index in [0.29, 0.717) is 32.5 Å². The number of primary amides is 1. The van der Waals surface area contributed by atoms with Crippen LogP contribution >= 0.6 is 11.3 Å². The van der Waals surface area contributed by atoms with Gasteiger partial charge in [-0.2, -0.15) is 0 Å². The number of nitrogens with zero attached hydrogens (tertiary/aromatic N) is 2. The number of likely N-dealkylation sites (tertiary alicyclic amines) is 1. The smallest absolute Gasteiger partial charge is 0.315 e. The van der Waals surface area contributed by atoms with Gasteiger partial charge in [0.2, 0.25) is 17.6 Å². The molecule has 276 valence electrons. The molecule has 6 atom stereocenters. The van der Waals surface area contributed by atoms with Crippen LogP contribution in [0, 0.1) is 23.2 Å². The van der Waals surface area contributed by atoms with Gasteiger partial charge in [0.15, 0.2) is 15.9 Å². The predicted octanol–water partition coefficient (Wildman–Crippen LogP) is 3.72. The van der Waals surface area contributed by atoms with E-state index in [1.807, 2.05) is 56.4 Å². The number of thiol groups is 1. The molecule has 5 N–H and O–H groups in total. The van der Waals surface area contributed by atoms with E-state index in [-0.39, 0.29) is 35.1 Å². The lowest BCUT2D eigenvalue weighted by Gasteiger charge is -2.37. The summed E-state index contributed by atoms with van der Waals surface area (Å²) in [5.74, 6) is -2.91.